The highest BCUT2D eigenvalue weighted by Gasteiger charge is 2.58. The van der Waals surface area contributed by atoms with Gasteiger partial charge in [0, 0.05) is 35.5 Å². The fourth-order valence-corrected chi connectivity index (χ4v) is 4.35. The van der Waals surface area contributed by atoms with E-state index < -0.39 is 29.0 Å². The second kappa shape index (κ2) is 6.54. The summed E-state index contributed by atoms with van der Waals surface area (Å²) in [4.78, 5) is 1.97. The van der Waals surface area contributed by atoms with Crippen molar-refractivity contribution < 1.29 is 4.39 Å². The zero-order chi connectivity index (χ0) is 19.1. The molecule has 26 heavy (non-hydrogen) atoms. The molecule has 3 atom stereocenters. The molecule has 1 aromatic carbocycles. The van der Waals surface area contributed by atoms with E-state index in [9.17, 15) is 20.2 Å². The Balaban J connectivity index is 2.35. The molecule has 1 aliphatic carbocycles. The number of nitriles is 3. The molecule has 0 saturated heterocycles. The number of hydrogen-bond acceptors (Lipinski definition) is 5. The summed E-state index contributed by atoms with van der Waals surface area (Å²) in [6.07, 6.45) is 1.84. The maximum atomic E-state index is 14.7. The van der Waals surface area contributed by atoms with Crippen LogP contribution in [0.2, 0.25) is 5.02 Å². The Kier molecular flexibility index (Phi) is 4.55. The van der Waals surface area contributed by atoms with Gasteiger partial charge in [-0.15, -0.1) is 0 Å². The first kappa shape index (κ1) is 18.1. The molecule has 1 aromatic rings. The van der Waals surface area contributed by atoms with Crippen molar-refractivity contribution in [2.45, 2.75) is 5.92 Å². The summed E-state index contributed by atoms with van der Waals surface area (Å²) in [7, 11) is 1.87. The fourth-order valence-electron chi connectivity index (χ4n) is 4.07. The number of nitrogens with zero attached hydrogens (tertiary/aromatic N) is 4. The molecule has 0 amide bonds. The third kappa shape index (κ3) is 2.41. The first-order valence-corrected chi connectivity index (χ1v) is 8.42. The van der Waals surface area contributed by atoms with Crippen molar-refractivity contribution in [2.24, 2.45) is 17.3 Å². The molecule has 0 radical (unpaired) electrons. The summed E-state index contributed by atoms with van der Waals surface area (Å²) in [5, 5.41) is 37.9. The number of likely N-dealkylation sites (N-methyl/N-ethyl adjacent to an activating group) is 1. The van der Waals surface area contributed by atoms with Gasteiger partial charge < -0.3 is 10.3 Å². The maximum absolute atomic E-state index is 14.7. The minimum absolute atomic E-state index is 0.0598. The van der Waals surface area contributed by atoms with Crippen LogP contribution in [0, 0.1) is 62.5 Å². The number of fused-ring (bicyclic) bond motifs is 1. The van der Waals surface area contributed by atoms with E-state index in [1.165, 1.54) is 18.2 Å². The Morgan fingerprint density at radius 2 is 2.00 bits per heavy atom. The Morgan fingerprint density at radius 1 is 1.31 bits per heavy atom. The van der Waals surface area contributed by atoms with Gasteiger partial charge in [-0.1, -0.05) is 23.7 Å². The number of rotatable bonds is 1. The van der Waals surface area contributed by atoms with Crippen LogP contribution in [0.5, 0.6) is 0 Å². The fraction of sp³-hybridized carbons (Fsp3) is 0.368. The molecule has 1 aliphatic heterocycles. The van der Waals surface area contributed by atoms with Gasteiger partial charge in [0.25, 0.3) is 0 Å². The minimum Gasteiger partial charge on any atom is -0.305 e. The van der Waals surface area contributed by atoms with Gasteiger partial charge in [-0.2, -0.15) is 15.8 Å². The van der Waals surface area contributed by atoms with E-state index in [0.29, 0.717) is 18.7 Å². The van der Waals surface area contributed by atoms with E-state index in [-0.39, 0.29) is 16.3 Å². The molecule has 0 spiro atoms. The predicted molar refractivity (Wildman–Crippen MR) is 93.7 cm³/mol. The summed E-state index contributed by atoms with van der Waals surface area (Å²) in [5.74, 6) is -3.00. The van der Waals surface area contributed by atoms with Crippen molar-refractivity contribution in [3.63, 3.8) is 0 Å². The van der Waals surface area contributed by atoms with Gasteiger partial charge >= 0.3 is 0 Å². The molecular weight excluding hydrogens is 353 g/mol. The summed E-state index contributed by atoms with van der Waals surface area (Å²) in [6, 6.07) is 10.1. The molecular formula is C19H15ClFN5. The van der Waals surface area contributed by atoms with Gasteiger partial charge in [-0.3, -0.25) is 0 Å². The maximum Gasteiger partial charge on any atom is 0.189 e. The molecule has 5 nitrogen and oxygen atoms in total. The smallest absolute Gasteiger partial charge is 0.189 e. The molecule has 1 saturated carbocycles. The van der Waals surface area contributed by atoms with Crippen LogP contribution in [0.3, 0.4) is 0 Å². The van der Waals surface area contributed by atoms with E-state index in [4.69, 9.17) is 17.0 Å². The number of halogens is 2. The molecule has 7 heteroatoms. The van der Waals surface area contributed by atoms with E-state index >= 15 is 0 Å². The highest BCUT2D eigenvalue weighted by molar-refractivity contribution is 6.31. The normalized spacial score (nSPS) is 27.5. The topological polar surface area (TPSA) is 98.5 Å². The molecule has 3 rings (SSSR count). The zero-order valence-corrected chi connectivity index (χ0v) is 14.8. The van der Waals surface area contributed by atoms with Crippen LogP contribution >= 0.6 is 11.6 Å². The molecule has 1 fully saturated rings. The first-order chi connectivity index (χ1) is 12.4. The molecule has 0 aromatic heterocycles. The average Bonchev–Trinajstić information content (AvgIpc) is 2.62. The SMILES string of the molecule is CN1CC=C2C(C#N)C(=N)C(C#N)(C#N)[C@@H](c3c(F)cccc3Cl)[C@H]2C1. The van der Waals surface area contributed by atoms with Crippen molar-refractivity contribution in [1.82, 2.24) is 4.90 Å². The summed E-state index contributed by atoms with van der Waals surface area (Å²) >= 11 is 6.26. The number of nitrogens with one attached hydrogen (secondary N) is 1. The lowest BCUT2D eigenvalue weighted by Gasteiger charge is -2.47. The Labute approximate surface area is 156 Å². The van der Waals surface area contributed by atoms with Gasteiger partial charge in [-0.05, 0) is 24.8 Å². The highest BCUT2D eigenvalue weighted by atomic mass is 35.5. The van der Waals surface area contributed by atoms with Gasteiger partial charge in [0.05, 0.1) is 23.9 Å². The zero-order valence-electron chi connectivity index (χ0n) is 14.0. The van der Waals surface area contributed by atoms with Crippen molar-refractivity contribution >= 4 is 17.3 Å². The van der Waals surface area contributed by atoms with Crippen molar-refractivity contribution in [3.05, 3.63) is 46.3 Å². The summed E-state index contributed by atoms with van der Waals surface area (Å²) in [5.41, 5.74) is -1.53. The molecule has 1 heterocycles. The molecule has 130 valence electrons. The molecule has 1 unspecified atom stereocenters. The monoisotopic (exact) mass is 367 g/mol. The van der Waals surface area contributed by atoms with Crippen molar-refractivity contribution in [1.29, 1.82) is 21.2 Å². The van der Waals surface area contributed by atoms with Gasteiger partial charge in [0.1, 0.15) is 11.7 Å². The average molecular weight is 368 g/mol. The molecule has 1 N–H and O–H groups in total. The van der Waals surface area contributed by atoms with Crippen LogP contribution < -0.4 is 0 Å². The number of benzene rings is 1. The molecule has 0 bridgehead atoms. The standard InChI is InChI=1S/C19H15ClFN5/c1-26-6-5-11-12(7-22)18(25)19(9-23,10-24)17(13(11)8-26)16-14(20)3-2-4-15(16)21/h2-5,12-13,17,25H,6,8H2,1H3/t12?,13-,17+/m0/s1. The quantitative estimate of drug-likeness (QED) is 0.770. The Bertz CT molecular complexity index is 898. The van der Waals surface area contributed by atoms with Gasteiger partial charge in [-0.25, -0.2) is 4.39 Å². The summed E-state index contributed by atoms with van der Waals surface area (Å²) in [6.45, 7) is 1.03. The van der Waals surface area contributed by atoms with Crippen LogP contribution in [0.15, 0.2) is 29.8 Å². The van der Waals surface area contributed by atoms with E-state index in [1.54, 1.807) is 0 Å². The van der Waals surface area contributed by atoms with Gasteiger partial charge in [0.15, 0.2) is 5.41 Å². The second-order valence-corrected chi connectivity index (χ2v) is 7.06. The van der Waals surface area contributed by atoms with E-state index in [2.05, 4.69) is 6.07 Å². The minimum atomic E-state index is -1.95. The third-order valence-corrected chi connectivity index (χ3v) is 5.61. The highest BCUT2D eigenvalue weighted by Crippen LogP contribution is 2.54. The van der Waals surface area contributed by atoms with Crippen LogP contribution in [0.25, 0.3) is 0 Å². The van der Waals surface area contributed by atoms with Crippen LogP contribution in [0.1, 0.15) is 11.5 Å². The van der Waals surface area contributed by atoms with Gasteiger partial charge in [0.2, 0.25) is 0 Å². The largest absolute Gasteiger partial charge is 0.305 e. The number of hydrogen-bond donors (Lipinski definition) is 1. The van der Waals surface area contributed by atoms with Crippen LogP contribution in [-0.2, 0) is 0 Å². The van der Waals surface area contributed by atoms with Crippen molar-refractivity contribution in [3.8, 4) is 18.2 Å². The van der Waals surface area contributed by atoms with Crippen molar-refractivity contribution in [2.75, 3.05) is 20.1 Å². The predicted octanol–water partition coefficient (Wildman–Crippen LogP) is 3.26. The lowest BCUT2D eigenvalue weighted by molar-refractivity contribution is 0.232. The Hall–Kier alpha value is -2.72. The Morgan fingerprint density at radius 3 is 2.58 bits per heavy atom. The van der Waals surface area contributed by atoms with Crippen LogP contribution in [0.4, 0.5) is 4.39 Å². The second-order valence-electron chi connectivity index (χ2n) is 6.65. The summed E-state index contributed by atoms with van der Waals surface area (Å²) < 4.78 is 14.7. The van der Waals surface area contributed by atoms with E-state index in [0.717, 1.165) is 0 Å². The molecule has 2 aliphatic rings. The lowest BCUT2D eigenvalue weighted by Crippen LogP contribution is -2.52. The first-order valence-electron chi connectivity index (χ1n) is 8.04. The lowest BCUT2D eigenvalue weighted by atomic mass is 9.54. The van der Waals surface area contributed by atoms with E-state index in [1.807, 2.05) is 30.2 Å². The third-order valence-electron chi connectivity index (χ3n) is 5.28. The van der Waals surface area contributed by atoms with Crippen LogP contribution in [-0.4, -0.2) is 30.7 Å².